The van der Waals surface area contributed by atoms with Gasteiger partial charge in [-0.15, -0.1) is 11.8 Å². The van der Waals surface area contributed by atoms with Crippen LogP contribution in [0.25, 0.3) is 0 Å². The summed E-state index contributed by atoms with van der Waals surface area (Å²) in [6.45, 7) is 0. The summed E-state index contributed by atoms with van der Waals surface area (Å²) in [4.78, 5) is 26.6. The second-order valence-electron chi connectivity index (χ2n) is 8.11. The van der Waals surface area contributed by atoms with E-state index in [1.807, 2.05) is 84.9 Å². The molecule has 0 aliphatic heterocycles. The maximum Gasteiger partial charge on any atom is 0.242 e. The average molecular weight is 445 g/mol. The van der Waals surface area contributed by atoms with Crippen LogP contribution in [0, 0.1) is 5.92 Å². The third-order valence-corrected chi connectivity index (χ3v) is 7.00. The van der Waals surface area contributed by atoms with Crippen molar-refractivity contribution in [3.8, 4) is 0 Å². The molecule has 0 aromatic heterocycles. The average Bonchev–Trinajstić information content (AvgIpc) is 2.85. The molecule has 2 amide bonds. The molecular formula is C27H28N2O2S. The molecule has 164 valence electrons. The van der Waals surface area contributed by atoms with Gasteiger partial charge in [0.25, 0.3) is 0 Å². The highest BCUT2D eigenvalue weighted by atomic mass is 32.2. The van der Waals surface area contributed by atoms with Crippen LogP contribution in [0.4, 0.5) is 11.4 Å². The third kappa shape index (κ3) is 6.01. The lowest BCUT2D eigenvalue weighted by atomic mass is 9.88. The maximum atomic E-state index is 13.1. The number of anilines is 2. The van der Waals surface area contributed by atoms with Gasteiger partial charge in [-0.25, -0.2) is 0 Å². The Morgan fingerprint density at radius 3 is 1.97 bits per heavy atom. The van der Waals surface area contributed by atoms with E-state index in [4.69, 9.17) is 0 Å². The van der Waals surface area contributed by atoms with Crippen molar-refractivity contribution >= 4 is 35.0 Å². The summed E-state index contributed by atoms with van der Waals surface area (Å²) < 4.78 is 0. The van der Waals surface area contributed by atoms with Crippen molar-refractivity contribution in [2.45, 2.75) is 42.2 Å². The van der Waals surface area contributed by atoms with Crippen LogP contribution < -0.4 is 10.6 Å². The molecule has 0 bridgehead atoms. The molecule has 1 atom stereocenters. The van der Waals surface area contributed by atoms with E-state index in [-0.39, 0.29) is 23.0 Å². The van der Waals surface area contributed by atoms with E-state index in [0.717, 1.165) is 47.5 Å². The number of thioether (sulfide) groups is 1. The lowest BCUT2D eigenvalue weighted by molar-refractivity contribution is -0.120. The van der Waals surface area contributed by atoms with Gasteiger partial charge in [0.1, 0.15) is 5.25 Å². The van der Waals surface area contributed by atoms with Crippen molar-refractivity contribution < 1.29 is 9.59 Å². The van der Waals surface area contributed by atoms with Crippen LogP contribution in [0.2, 0.25) is 0 Å². The van der Waals surface area contributed by atoms with Gasteiger partial charge in [-0.3, -0.25) is 9.59 Å². The zero-order valence-corrected chi connectivity index (χ0v) is 18.8. The molecule has 1 aliphatic carbocycles. The van der Waals surface area contributed by atoms with Crippen molar-refractivity contribution in [1.29, 1.82) is 0 Å². The molecule has 0 spiro atoms. The molecule has 5 heteroatoms. The Hall–Kier alpha value is -3.05. The van der Waals surface area contributed by atoms with Crippen LogP contribution in [-0.2, 0) is 9.59 Å². The third-order valence-electron chi connectivity index (χ3n) is 5.73. The zero-order chi connectivity index (χ0) is 22.2. The molecule has 2 N–H and O–H groups in total. The number of hydrogen-bond donors (Lipinski definition) is 2. The first kappa shape index (κ1) is 22.2. The van der Waals surface area contributed by atoms with Gasteiger partial charge >= 0.3 is 0 Å². The Balaban J connectivity index is 1.44. The van der Waals surface area contributed by atoms with Crippen LogP contribution in [-0.4, -0.2) is 11.8 Å². The summed E-state index contributed by atoms with van der Waals surface area (Å²) in [5, 5.41) is 5.68. The highest BCUT2D eigenvalue weighted by Crippen LogP contribution is 2.37. The molecule has 32 heavy (non-hydrogen) atoms. The number of nitrogens with one attached hydrogen (secondary N) is 2. The Morgan fingerprint density at radius 1 is 0.719 bits per heavy atom. The maximum absolute atomic E-state index is 13.1. The van der Waals surface area contributed by atoms with Gasteiger partial charge in [0.2, 0.25) is 11.8 Å². The Kier molecular flexibility index (Phi) is 7.62. The smallest absolute Gasteiger partial charge is 0.242 e. The largest absolute Gasteiger partial charge is 0.326 e. The number of rotatable bonds is 7. The van der Waals surface area contributed by atoms with Gasteiger partial charge in [-0.2, -0.15) is 0 Å². The molecule has 0 heterocycles. The van der Waals surface area contributed by atoms with Crippen molar-refractivity contribution in [2.24, 2.45) is 5.92 Å². The molecule has 3 aromatic rings. The SMILES string of the molecule is O=C(Nc1ccc(SC(C(=O)Nc2ccccc2)c2ccccc2)cc1)C1CCCCC1. The molecule has 1 aliphatic rings. The van der Waals surface area contributed by atoms with Crippen molar-refractivity contribution in [3.63, 3.8) is 0 Å². The standard InChI is InChI=1S/C27H28N2O2S/c30-26(21-12-6-2-7-13-21)28-23-16-18-24(19-17-23)32-25(20-10-4-1-5-11-20)27(31)29-22-14-8-3-9-15-22/h1,3-5,8-11,14-19,21,25H,2,6-7,12-13H2,(H,28,30)(H,29,31). The van der Waals surface area contributed by atoms with Gasteiger partial charge in [-0.1, -0.05) is 67.8 Å². The molecular weight excluding hydrogens is 416 g/mol. The van der Waals surface area contributed by atoms with E-state index >= 15 is 0 Å². The molecule has 1 saturated carbocycles. The van der Waals surface area contributed by atoms with Crippen LogP contribution in [0.3, 0.4) is 0 Å². The molecule has 1 fully saturated rings. The van der Waals surface area contributed by atoms with E-state index in [1.165, 1.54) is 18.2 Å². The Bertz CT molecular complexity index is 1020. The number of carbonyl (C=O) groups excluding carboxylic acids is 2. The lowest BCUT2D eigenvalue weighted by Crippen LogP contribution is -2.24. The first-order chi connectivity index (χ1) is 15.7. The fraction of sp³-hybridized carbons (Fsp3) is 0.259. The van der Waals surface area contributed by atoms with Gasteiger partial charge in [0, 0.05) is 22.2 Å². The number of para-hydroxylation sites is 1. The monoisotopic (exact) mass is 444 g/mol. The minimum absolute atomic E-state index is 0.0675. The van der Waals surface area contributed by atoms with Crippen molar-refractivity contribution in [3.05, 3.63) is 90.5 Å². The normalized spacial score (nSPS) is 15.0. The summed E-state index contributed by atoms with van der Waals surface area (Å²) in [6.07, 6.45) is 5.47. The van der Waals surface area contributed by atoms with Crippen LogP contribution in [0.5, 0.6) is 0 Å². The van der Waals surface area contributed by atoms with E-state index in [1.54, 1.807) is 0 Å². The van der Waals surface area contributed by atoms with Gasteiger partial charge in [-0.05, 0) is 54.8 Å². The van der Waals surface area contributed by atoms with Crippen LogP contribution >= 0.6 is 11.8 Å². The Morgan fingerprint density at radius 2 is 1.31 bits per heavy atom. The second-order valence-corrected chi connectivity index (χ2v) is 9.29. The van der Waals surface area contributed by atoms with E-state index in [2.05, 4.69) is 10.6 Å². The summed E-state index contributed by atoms with van der Waals surface area (Å²) in [7, 11) is 0. The predicted octanol–water partition coefficient (Wildman–Crippen LogP) is 6.68. The number of amides is 2. The fourth-order valence-electron chi connectivity index (χ4n) is 3.99. The molecule has 0 radical (unpaired) electrons. The van der Waals surface area contributed by atoms with E-state index < -0.39 is 0 Å². The lowest BCUT2D eigenvalue weighted by Gasteiger charge is -2.21. The molecule has 4 rings (SSSR count). The van der Waals surface area contributed by atoms with Crippen molar-refractivity contribution in [2.75, 3.05) is 10.6 Å². The number of hydrogen-bond acceptors (Lipinski definition) is 3. The van der Waals surface area contributed by atoms with Crippen molar-refractivity contribution in [1.82, 2.24) is 0 Å². The second kappa shape index (κ2) is 11.0. The zero-order valence-electron chi connectivity index (χ0n) is 18.0. The number of benzene rings is 3. The highest BCUT2D eigenvalue weighted by molar-refractivity contribution is 8.00. The minimum atomic E-state index is -0.390. The predicted molar refractivity (Wildman–Crippen MR) is 132 cm³/mol. The summed E-state index contributed by atoms with van der Waals surface area (Å²) in [5.74, 6) is 0.179. The highest BCUT2D eigenvalue weighted by Gasteiger charge is 2.23. The van der Waals surface area contributed by atoms with E-state index in [0.29, 0.717) is 0 Å². The summed E-state index contributed by atoms with van der Waals surface area (Å²) in [6, 6.07) is 27.1. The fourth-order valence-corrected chi connectivity index (χ4v) is 5.02. The van der Waals surface area contributed by atoms with Gasteiger partial charge in [0.05, 0.1) is 0 Å². The topological polar surface area (TPSA) is 58.2 Å². The first-order valence-corrected chi connectivity index (χ1v) is 12.1. The molecule has 0 saturated heterocycles. The minimum Gasteiger partial charge on any atom is -0.326 e. The number of carbonyl (C=O) groups is 2. The quantitative estimate of drug-likeness (QED) is 0.400. The summed E-state index contributed by atoms with van der Waals surface area (Å²) in [5.41, 5.74) is 2.52. The summed E-state index contributed by atoms with van der Waals surface area (Å²) >= 11 is 1.50. The Labute approximate surface area is 193 Å². The molecule has 4 nitrogen and oxygen atoms in total. The van der Waals surface area contributed by atoms with Gasteiger partial charge in [0.15, 0.2) is 0 Å². The molecule has 1 unspecified atom stereocenters. The first-order valence-electron chi connectivity index (χ1n) is 11.2. The molecule has 3 aromatic carbocycles. The van der Waals surface area contributed by atoms with Crippen LogP contribution in [0.1, 0.15) is 42.9 Å². The van der Waals surface area contributed by atoms with Crippen LogP contribution in [0.15, 0.2) is 89.8 Å². The van der Waals surface area contributed by atoms with Gasteiger partial charge < -0.3 is 10.6 Å². The van der Waals surface area contributed by atoms with E-state index in [9.17, 15) is 9.59 Å².